The van der Waals surface area contributed by atoms with Gasteiger partial charge in [0.05, 0.1) is 12.7 Å². The summed E-state index contributed by atoms with van der Waals surface area (Å²) in [5.41, 5.74) is -1.62. The molecule has 2 aromatic heterocycles. The molecule has 13 heteroatoms. The minimum atomic E-state index is -2.82. The summed E-state index contributed by atoms with van der Waals surface area (Å²) in [6.07, 6.45) is 10.7. The van der Waals surface area contributed by atoms with Crippen molar-refractivity contribution in [1.82, 2.24) is 25.1 Å². The average molecular weight is 557 g/mol. The molecule has 0 saturated heterocycles. The van der Waals surface area contributed by atoms with Crippen LogP contribution in [0.15, 0.2) is 54.5 Å². The largest absolute Gasteiger partial charge is 0.621 e. The summed E-state index contributed by atoms with van der Waals surface area (Å²) in [4.78, 5) is 17.6. The molecule has 202 valence electrons. The summed E-state index contributed by atoms with van der Waals surface area (Å²) < 4.78 is 46.1. The Labute approximate surface area is 226 Å². The molecule has 2 aromatic rings. The first kappa shape index (κ1) is 26.6. The number of methoxy groups -OCH3 is 1. The quantitative estimate of drug-likeness (QED) is 0.291. The van der Waals surface area contributed by atoms with Gasteiger partial charge in [-0.1, -0.05) is 11.3 Å². The summed E-state index contributed by atoms with van der Waals surface area (Å²) >= 11 is 1.18. The monoisotopic (exact) mass is 556 g/mol. The summed E-state index contributed by atoms with van der Waals surface area (Å²) in [6.45, 7) is 0.728. The number of rotatable bonds is 7. The first-order chi connectivity index (χ1) is 18.6. The molecule has 1 aliphatic carbocycles. The van der Waals surface area contributed by atoms with Gasteiger partial charge in [0.1, 0.15) is 29.1 Å². The molecule has 0 bridgehead atoms. The minimum absolute atomic E-state index is 0.0419. The van der Waals surface area contributed by atoms with Crippen LogP contribution in [0.25, 0.3) is 5.57 Å². The van der Waals surface area contributed by atoms with Crippen LogP contribution in [0.4, 0.5) is 24.1 Å². The highest BCUT2D eigenvalue weighted by Gasteiger charge is 2.40. The summed E-state index contributed by atoms with van der Waals surface area (Å²) in [6, 6.07) is 1.29. The number of dihydropyridines is 1. The highest BCUT2D eigenvalue weighted by atomic mass is 32.1. The smallest absolute Gasteiger partial charge is 0.264 e. The van der Waals surface area contributed by atoms with Gasteiger partial charge in [-0.25, -0.2) is 18.2 Å². The number of halogens is 3. The van der Waals surface area contributed by atoms with Gasteiger partial charge >= 0.3 is 0 Å². The van der Waals surface area contributed by atoms with Gasteiger partial charge in [0.2, 0.25) is 10.9 Å². The Kier molecular flexibility index (Phi) is 6.79. The Morgan fingerprint density at radius 3 is 2.90 bits per heavy atom. The Morgan fingerprint density at radius 1 is 1.44 bits per heavy atom. The minimum Gasteiger partial charge on any atom is -0.621 e. The Hall–Kier alpha value is -3.99. The van der Waals surface area contributed by atoms with Crippen LogP contribution in [-0.2, 0) is 4.74 Å². The first-order valence-electron chi connectivity index (χ1n) is 11.8. The average Bonchev–Trinajstić information content (AvgIpc) is 3.57. The zero-order valence-electron chi connectivity index (χ0n) is 20.8. The van der Waals surface area contributed by atoms with E-state index in [9.17, 15) is 23.2 Å². The second kappa shape index (κ2) is 9.96. The lowest BCUT2D eigenvalue weighted by atomic mass is 9.89. The van der Waals surface area contributed by atoms with Gasteiger partial charge in [0.15, 0.2) is 5.83 Å². The van der Waals surface area contributed by atoms with Crippen LogP contribution in [0.3, 0.4) is 0 Å². The van der Waals surface area contributed by atoms with Crippen molar-refractivity contribution >= 4 is 33.8 Å². The van der Waals surface area contributed by atoms with Crippen molar-refractivity contribution in [2.24, 2.45) is 5.92 Å². The predicted molar refractivity (Wildman–Crippen MR) is 141 cm³/mol. The number of anilines is 1. The van der Waals surface area contributed by atoms with E-state index in [0.717, 1.165) is 18.7 Å². The number of nitrogens with zero attached hydrogens (tertiary/aromatic N) is 4. The van der Waals surface area contributed by atoms with Gasteiger partial charge in [-0.15, -0.1) is 22.5 Å². The van der Waals surface area contributed by atoms with E-state index in [4.69, 9.17) is 11.2 Å². The molecule has 0 aromatic carbocycles. The number of terminal acetylenes is 1. The number of hydroxylamine groups is 2. The number of ether oxygens (including phenoxy) is 1. The number of nitrogens with one attached hydrogen (secondary N) is 2. The molecule has 0 radical (unpaired) electrons. The molecule has 1 saturated carbocycles. The van der Waals surface area contributed by atoms with Crippen molar-refractivity contribution in [3.63, 3.8) is 0 Å². The van der Waals surface area contributed by atoms with Crippen molar-refractivity contribution < 1.29 is 22.7 Å². The molecule has 2 aliphatic heterocycles. The topological polar surface area (TPSA) is 112 Å². The second-order valence-electron chi connectivity index (χ2n) is 9.51. The number of hydrogen-bond acceptors (Lipinski definition) is 8. The summed E-state index contributed by atoms with van der Waals surface area (Å²) in [5.74, 6) is 1.53. The lowest BCUT2D eigenvalue weighted by molar-refractivity contribution is 0.0732. The lowest BCUT2D eigenvalue weighted by Gasteiger charge is -2.38. The molecule has 1 fully saturated rings. The lowest BCUT2D eigenvalue weighted by Crippen LogP contribution is -2.46. The maximum absolute atomic E-state index is 14.0. The van der Waals surface area contributed by atoms with Crippen LogP contribution in [0.5, 0.6) is 0 Å². The molecule has 4 atom stereocenters. The Bertz CT molecular complexity index is 1500. The number of alkyl halides is 2. The first-order valence-corrected chi connectivity index (χ1v) is 12.7. The van der Waals surface area contributed by atoms with E-state index in [-0.39, 0.29) is 45.2 Å². The van der Waals surface area contributed by atoms with Crippen LogP contribution < -0.4 is 15.3 Å². The molecule has 2 N–H and O–H groups in total. The van der Waals surface area contributed by atoms with E-state index in [1.54, 1.807) is 0 Å². The summed E-state index contributed by atoms with van der Waals surface area (Å²) in [7, 11) is 1.34. The molecule has 4 heterocycles. The Morgan fingerprint density at radius 2 is 2.23 bits per heavy atom. The summed E-state index contributed by atoms with van der Waals surface area (Å²) in [5, 5.41) is 27.7. The number of carbonyl (C=O) groups is 1. The highest BCUT2D eigenvalue weighted by Crippen LogP contribution is 2.48. The van der Waals surface area contributed by atoms with Gasteiger partial charge < -0.3 is 15.3 Å². The third-order valence-electron chi connectivity index (χ3n) is 6.68. The molecular formula is C26H23F3N6O3S. The predicted octanol–water partition coefficient (Wildman–Crippen LogP) is 4.61. The molecule has 9 nitrogen and oxygen atoms in total. The fraction of sp³-hybridized carbons (Fsp3) is 0.308. The molecule has 3 unspecified atom stereocenters. The van der Waals surface area contributed by atoms with E-state index in [1.165, 1.54) is 56.0 Å². The van der Waals surface area contributed by atoms with Crippen molar-refractivity contribution in [3.8, 4) is 12.3 Å². The third-order valence-corrected chi connectivity index (χ3v) is 7.65. The van der Waals surface area contributed by atoms with Crippen molar-refractivity contribution in [2.75, 3.05) is 19.0 Å². The van der Waals surface area contributed by atoms with E-state index in [1.807, 2.05) is 0 Å². The number of pyridine rings is 1. The van der Waals surface area contributed by atoms with E-state index >= 15 is 0 Å². The van der Waals surface area contributed by atoms with Crippen molar-refractivity contribution in [2.45, 2.75) is 31.2 Å². The number of amides is 1. The van der Waals surface area contributed by atoms with Crippen molar-refractivity contribution in [1.29, 1.82) is 0 Å². The standard InChI is InChI=1S/C26H23F3N6O3S/c1-4-14-8-16(14)23-33-34-25(39-23)32-22(36)19-11-30-21(35(37)7-5-6-15(27)13-35)9-17(19)18-10-26(2,24(28)29)31-12-20(18)38-3/h1,5-7,9-12,14,16,24,31H,8,13H2,2-3H3,(H,32,34,36)/t14-,16?,26?,35?/m0/s1. The van der Waals surface area contributed by atoms with Gasteiger partial charge in [0, 0.05) is 41.4 Å². The maximum atomic E-state index is 14.0. The number of allylic oxidation sites excluding steroid dienone is 3. The molecule has 5 rings (SSSR count). The number of aromatic nitrogens is 3. The van der Waals surface area contributed by atoms with E-state index in [0.29, 0.717) is 5.01 Å². The molecule has 39 heavy (non-hydrogen) atoms. The number of hydrogen-bond donors (Lipinski definition) is 2. The molecule has 3 aliphatic rings. The van der Waals surface area contributed by atoms with Gasteiger partial charge in [-0.05, 0) is 31.6 Å². The zero-order chi connectivity index (χ0) is 27.9. The Balaban J connectivity index is 1.56. The SMILES string of the molecule is C#C[C@H]1CC1c1nnc(NC(=O)c2cnc([N+]3([O-])C=CC=C(F)C3)cc2C2=CC(C)(C(F)F)NC=C2OC)s1. The van der Waals surface area contributed by atoms with Crippen LogP contribution in [0.1, 0.15) is 40.2 Å². The molecule has 1 amide bonds. The zero-order valence-corrected chi connectivity index (χ0v) is 21.6. The fourth-order valence-electron chi connectivity index (χ4n) is 4.30. The van der Waals surface area contributed by atoms with Crippen molar-refractivity contribution in [3.05, 3.63) is 75.8 Å². The normalized spacial score (nSPS) is 27.6. The molecular weight excluding hydrogens is 533 g/mol. The van der Waals surface area contributed by atoms with Crippen LogP contribution in [0, 0.1) is 23.5 Å². The van der Waals surface area contributed by atoms with Crippen LogP contribution in [-0.4, -0.2) is 46.7 Å². The highest BCUT2D eigenvalue weighted by molar-refractivity contribution is 7.15. The maximum Gasteiger partial charge on any atom is 0.264 e. The van der Waals surface area contributed by atoms with Crippen LogP contribution >= 0.6 is 11.3 Å². The molecule has 0 spiro atoms. The number of quaternary nitrogens is 1. The van der Waals surface area contributed by atoms with E-state index < -0.39 is 34.9 Å². The fourth-order valence-corrected chi connectivity index (χ4v) is 5.21. The van der Waals surface area contributed by atoms with Crippen LogP contribution in [0.2, 0.25) is 0 Å². The van der Waals surface area contributed by atoms with Gasteiger partial charge in [0.25, 0.3) is 12.3 Å². The third kappa shape index (κ3) is 5.06. The van der Waals surface area contributed by atoms with Gasteiger partial charge in [-0.3, -0.25) is 14.8 Å². The van der Waals surface area contributed by atoms with E-state index in [2.05, 4.69) is 31.7 Å². The van der Waals surface area contributed by atoms with Gasteiger partial charge in [-0.2, -0.15) is 0 Å². The second-order valence-corrected chi connectivity index (χ2v) is 10.5. The number of carbonyl (C=O) groups excluding carboxylic acids is 1.